The van der Waals surface area contributed by atoms with Crippen molar-refractivity contribution in [3.8, 4) is 0 Å². The highest BCUT2D eigenvalue weighted by Gasteiger charge is 2.22. The second kappa shape index (κ2) is 6.59. The first-order valence-corrected chi connectivity index (χ1v) is 9.39. The highest BCUT2D eigenvalue weighted by Crippen LogP contribution is 2.23. The Bertz CT molecular complexity index is 1210. The minimum atomic E-state index is -0.0642. The van der Waals surface area contributed by atoms with Crippen molar-refractivity contribution in [1.82, 2.24) is 28.9 Å². The molecule has 0 unspecified atom stereocenters. The molecule has 0 spiro atoms. The van der Waals surface area contributed by atoms with Crippen LogP contribution in [0.25, 0.3) is 16.8 Å². The molecular formula is C19H20N8O. The van der Waals surface area contributed by atoms with Gasteiger partial charge in [-0.2, -0.15) is 0 Å². The van der Waals surface area contributed by atoms with Gasteiger partial charge in [-0.1, -0.05) is 6.07 Å². The van der Waals surface area contributed by atoms with Gasteiger partial charge in [0.1, 0.15) is 17.8 Å². The van der Waals surface area contributed by atoms with Crippen LogP contribution in [-0.4, -0.2) is 55.1 Å². The summed E-state index contributed by atoms with van der Waals surface area (Å²) in [5.74, 6) is 1.59. The molecule has 1 fully saturated rings. The standard InChI is InChI=1S/C19H20N8O/c1-2-24-13-22-17-18(24)20-12-21-19(17)26-9-7-25(8-10-26)15-11-16(28)27-6-4-3-5-14(27)23-15/h3-6,11-13H,2,7-10H2,1H3. The Morgan fingerprint density at radius 1 is 1.04 bits per heavy atom. The minimum absolute atomic E-state index is 0.0642. The molecule has 9 nitrogen and oxygen atoms in total. The van der Waals surface area contributed by atoms with Crippen LogP contribution in [0.5, 0.6) is 0 Å². The van der Waals surface area contributed by atoms with Crippen LogP contribution in [0.4, 0.5) is 11.6 Å². The van der Waals surface area contributed by atoms with E-state index < -0.39 is 0 Å². The van der Waals surface area contributed by atoms with Crippen LogP contribution in [0, 0.1) is 0 Å². The molecule has 0 N–H and O–H groups in total. The molecule has 1 aliphatic heterocycles. The van der Waals surface area contributed by atoms with Gasteiger partial charge in [-0.05, 0) is 19.1 Å². The van der Waals surface area contributed by atoms with Crippen molar-refractivity contribution in [3.63, 3.8) is 0 Å². The van der Waals surface area contributed by atoms with E-state index in [1.54, 1.807) is 23.0 Å². The monoisotopic (exact) mass is 376 g/mol. The molecule has 0 aliphatic carbocycles. The molecule has 1 aliphatic rings. The number of aryl methyl sites for hydroxylation is 1. The predicted octanol–water partition coefficient (Wildman–Crippen LogP) is 1.18. The maximum absolute atomic E-state index is 12.4. The molecule has 0 amide bonds. The SMILES string of the molecule is CCn1cnc2c(N3CCN(c4cc(=O)n5ccccc5n4)CC3)ncnc21. The summed E-state index contributed by atoms with van der Waals surface area (Å²) in [7, 11) is 0. The predicted molar refractivity (Wildman–Crippen MR) is 107 cm³/mol. The third kappa shape index (κ3) is 2.67. The molecule has 9 heteroatoms. The highest BCUT2D eigenvalue weighted by molar-refractivity contribution is 5.83. The number of rotatable bonds is 3. The average Bonchev–Trinajstić information content (AvgIpc) is 3.17. The zero-order chi connectivity index (χ0) is 19.1. The summed E-state index contributed by atoms with van der Waals surface area (Å²) in [6.45, 7) is 5.97. The Morgan fingerprint density at radius 2 is 1.86 bits per heavy atom. The van der Waals surface area contributed by atoms with E-state index in [0.717, 1.165) is 55.5 Å². The number of hydrogen-bond donors (Lipinski definition) is 0. The maximum atomic E-state index is 12.4. The van der Waals surface area contributed by atoms with Crippen LogP contribution in [-0.2, 0) is 6.54 Å². The van der Waals surface area contributed by atoms with Crippen LogP contribution in [0.15, 0.2) is 47.9 Å². The van der Waals surface area contributed by atoms with Gasteiger partial charge in [-0.25, -0.2) is 19.9 Å². The van der Waals surface area contributed by atoms with Crippen LogP contribution < -0.4 is 15.4 Å². The number of anilines is 2. The first kappa shape index (κ1) is 16.7. The number of fused-ring (bicyclic) bond motifs is 2. The van der Waals surface area contributed by atoms with E-state index in [2.05, 4.69) is 36.7 Å². The summed E-state index contributed by atoms with van der Waals surface area (Å²) < 4.78 is 3.57. The van der Waals surface area contributed by atoms with Crippen molar-refractivity contribution in [2.24, 2.45) is 0 Å². The molecule has 4 aromatic rings. The van der Waals surface area contributed by atoms with Crippen molar-refractivity contribution in [2.45, 2.75) is 13.5 Å². The second-order valence-electron chi connectivity index (χ2n) is 6.76. The Labute approximate surface area is 160 Å². The molecule has 1 saturated heterocycles. The van der Waals surface area contributed by atoms with E-state index in [1.165, 1.54) is 0 Å². The lowest BCUT2D eigenvalue weighted by Gasteiger charge is -2.36. The number of imidazole rings is 1. The van der Waals surface area contributed by atoms with Crippen molar-refractivity contribution in [1.29, 1.82) is 0 Å². The molecule has 0 saturated carbocycles. The van der Waals surface area contributed by atoms with Gasteiger partial charge in [0.2, 0.25) is 0 Å². The fourth-order valence-electron chi connectivity index (χ4n) is 3.68. The first-order valence-electron chi connectivity index (χ1n) is 9.39. The highest BCUT2D eigenvalue weighted by atomic mass is 16.1. The second-order valence-corrected chi connectivity index (χ2v) is 6.76. The molecule has 0 atom stereocenters. The summed E-state index contributed by atoms with van der Waals surface area (Å²) in [5, 5.41) is 0. The van der Waals surface area contributed by atoms with Gasteiger partial charge < -0.3 is 14.4 Å². The number of pyridine rings is 1. The number of nitrogens with zero attached hydrogens (tertiary/aromatic N) is 8. The van der Waals surface area contributed by atoms with E-state index in [-0.39, 0.29) is 5.56 Å². The third-order valence-electron chi connectivity index (χ3n) is 5.18. The molecule has 0 aromatic carbocycles. The fraction of sp³-hybridized carbons (Fsp3) is 0.316. The normalized spacial score (nSPS) is 14.9. The molecule has 28 heavy (non-hydrogen) atoms. The lowest BCUT2D eigenvalue weighted by atomic mass is 10.3. The number of hydrogen-bond acceptors (Lipinski definition) is 7. The molecule has 0 radical (unpaired) electrons. The van der Waals surface area contributed by atoms with Crippen molar-refractivity contribution < 1.29 is 0 Å². The minimum Gasteiger partial charge on any atom is -0.353 e. The molecule has 5 heterocycles. The molecule has 142 valence electrons. The summed E-state index contributed by atoms with van der Waals surface area (Å²) >= 11 is 0. The summed E-state index contributed by atoms with van der Waals surface area (Å²) in [4.78, 5) is 34.8. The quantitative estimate of drug-likeness (QED) is 0.531. The van der Waals surface area contributed by atoms with E-state index >= 15 is 0 Å². The lowest BCUT2D eigenvalue weighted by Crippen LogP contribution is -2.47. The molecule has 4 aromatic heterocycles. The average molecular weight is 376 g/mol. The van der Waals surface area contributed by atoms with Crippen molar-refractivity contribution >= 4 is 28.4 Å². The van der Waals surface area contributed by atoms with E-state index in [9.17, 15) is 4.79 Å². The zero-order valence-electron chi connectivity index (χ0n) is 15.6. The van der Waals surface area contributed by atoms with Crippen LogP contribution in [0.2, 0.25) is 0 Å². The molecule has 0 bridgehead atoms. The van der Waals surface area contributed by atoms with Gasteiger partial charge in [-0.15, -0.1) is 0 Å². The van der Waals surface area contributed by atoms with Gasteiger partial charge in [-0.3, -0.25) is 9.20 Å². The van der Waals surface area contributed by atoms with E-state index in [1.807, 2.05) is 29.1 Å². The first-order chi connectivity index (χ1) is 13.7. The fourth-order valence-corrected chi connectivity index (χ4v) is 3.68. The number of aromatic nitrogens is 6. The summed E-state index contributed by atoms with van der Waals surface area (Å²) in [6.07, 6.45) is 5.15. The summed E-state index contributed by atoms with van der Waals surface area (Å²) in [5.41, 5.74) is 2.29. The van der Waals surface area contributed by atoms with Gasteiger partial charge in [0.15, 0.2) is 17.0 Å². The Hall–Kier alpha value is -3.49. The van der Waals surface area contributed by atoms with E-state index in [4.69, 9.17) is 0 Å². The topological polar surface area (TPSA) is 84.5 Å². The third-order valence-corrected chi connectivity index (χ3v) is 5.18. The van der Waals surface area contributed by atoms with Crippen LogP contribution in [0.1, 0.15) is 6.92 Å². The number of piperazine rings is 1. The Morgan fingerprint density at radius 3 is 2.68 bits per heavy atom. The van der Waals surface area contributed by atoms with Crippen LogP contribution in [0.3, 0.4) is 0 Å². The smallest absolute Gasteiger partial charge is 0.259 e. The van der Waals surface area contributed by atoms with Gasteiger partial charge in [0, 0.05) is 45.0 Å². The maximum Gasteiger partial charge on any atom is 0.259 e. The van der Waals surface area contributed by atoms with Gasteiger partial charge in [0.25, 0.3) is 5.56 Å². The van der Waals surface area contributed by atoms with Gasteiger partial charge >= 0.3 is 0 Å². The lowest BCUT2D eigenvalue weighted by molar-refractivity contribution is 0.642. The van der Waals surface area contributed by atoms with Crippen LogP contribution >= 0.6 is 0 Å². The Kier molecular flexibility index (Phi) is 3.92. The largest absolute Gasteiger partial charge is 0.353 e. The van der Waals surface area contributed by atoms with Crippen molar-refractivity contribution in [3.05, 3.63) is 53.5 Å². The Balaban J connectivity index is 1.40. The van der Waals surface area contributed by atoms with Crippen molar-refractivity contribution in [2.75, 3.05) is 36.0 Å². The zero-order valence-corrected chi connectivity index (χ0v) is 15.6. The summed E-state index contributed by atoms with van der Waals surface area (Å²) in [6, 6.07) is 7.17. The van der Waals surface area contributed by atoms with Gasteiger partial charge in [0.05, 0.1) is 6.33 Å². The molecule has 5 rings (SSSR count). The van der Waals surface area contributed by atoms with E-state index in [0.29, 0.717) is 5.65 Å². The molecular weight excluding hydrogens is 356 g/mol.